The van der Waals surface area contributed by atoms with Crippen LogP contribution in [-0.4, -0.2) is 38.8 Å². The van der Waals surface area contributed by atoms with E-state index in [0.717, 1.165) is 30.8 Å². The molecule has 1 fully saturated rings. The van der Waals surface area contributed by atoms with E-state index in [9.17, 15) is 9.18 Å². The number of nitrogens with zero attached hydrogens (tertiary/aromatic N) is 4. The lowest BCUT2D eigenvalue weighted by Gasteiger charge is -2.23. The first-order chi connectivity index (χ1) is 14.2. The number of anilines is 3. The zero-order chi connectivity index (χ0) is 20.1. The van der Waals surface area contributed by atoms with Gasteiger partial charge in [0.15, 0.2) is 0 Å². The van der Waals surface area contributed by atoms with Gasteiger partial charge < -0.3 is 10.6 Å². The van der Waals surface area contributed by atoms with Crippen LogP contribution in [0, 0.1) is 5.82 Å². The van der Waals surface area contributed by atoms with Gasteiger partial charge >= 0.3 is 0 Å². The molecular weight excluding hydrogens is 371 g/mol. The molecule has 2 N–H and O–H groups in total. The molecule has 0 saturated carbocycles. The molecule has 0 aliphatic carbocycles. The van der Waals surface area contributed by atoms with Crippen LogP contribution in [0.25, 0.3) is 0 Å². The zero-order valence-electron chi connectivity index (χ0n) is 15.8. The molecule has 1 saturated heterocycles. The van der Waals surface area contributed by atoms with Crippen molar-refractivity contribution < 1.29 is 9.18 Å². The monoisotopic (exact) mass is 392 g/mol. The van der Waals surface area contributed by atoms with Crippen LogP contribution in [0.3, 0.4) is 0 Å². The molecule has 3 aromatic rings. The number of aromatic nitrogens is 3. The van der Waals surface area contributed by atoms with Crippen molar-refractivity contribution in [3.05, 3.63) is 72.6 Å². The summed E-state index contributed by atoms with van der Waals surface area (Å²) < 4.78 is 13.7. The molecule has 1 aromatic carbocycles. The Morgan fingerprint density at radius 3 is 2.69 bits per heavy atom. The number of benzene rings is 1. The van der Waals surface area contributed by atoms with E-state index in [-0.39, 0.29) is 24.2 Å². The first-order valence-electron chi connectivity index (χ1n) is 9.47. The van der Waals surface area contributed by atoms with Crippen LogP contribution in [-0.2, 0) is 4.79 Å². The minimum atomic E-state index is -0.439. The van der Waals surface area contributed by atoms with Crippen LogP contribution < -0.4 is 10.6 Å². The molecular formula is C21H21FN6O. The van der Waals surface area contributed by atoms with Gasteiger partial charge in [-0.15, -0.1) is 0 Å². The summed E-state index contributed by atoms with van der Waals surface area (Å²) in [5.41, 5.74) is 1.90. The van der Waals surface area contributed by atoms with Gasteiger partial charge in [0.2, 0.25) is 11.9 Å². The van der Waals surface area contributed by atoms with Gasteiger partial charge in [0.05, 0.1) is 35.9 Å². The Balaban J connectivity index is 1.39. The summed E-state index contributed by atoms with van der Waals surface area (Å²) in [7, 11) is 0. The number of rotatable bonds is 6. The molecule has 0 spiro atoms. The highest BCUT2D eigenvalue weighted by Gasteiger charge is 2.28. The van der Waals surface area contributed by atoms with Crippen molar-refractivity contribution in [2.24, 2.45) is 0 Å². The predicted molar refractivity (Wildman–Crippen MR) is 108 cm³/mol. The molecule has 1 aliphatic heterocycles. The van der Waals surface area contributed by atoms with E-state index < -0.39 is 5.82 Å². The molecule has 2 aromatic heterocycles. The quantitative estimate of drug-likeness (QED) is 0.668. The van der Waals surface area contributed by atoms with E-state index in [0.29, 0.717) is 5.95 Å². The maximum absolute atomic E-state index is 13.7. The van der Waals surface area contributed by atoms with E-state index in [1.165, 1.54) is 6.07 Å². The van der Waals surface area contributed by atoms with Gasteiger partial charge in [-0.25, -0.2) is 14.4 Å². The molecule has 1 atom stereocenters. The number of likely N-dealkylation sites (tertiary alicyclic amines) is 1. The Kier molecular flexibility index (Phi) is 5.71. The van der Waals surface area contributed by atoms with E-state index in [2.05, 4.69) is 30.5 Å². The zero-order valence-corrected chi connectivity index (χ0v) is 15.8. The molecule has 1 aliphatic rings. The molecule has 8 heteroatoms. The van der Waals surface area contributed by atoms with Gasteiger partial charge in [0.25, 0.3) is 0 Å². The topological polar surface area (TPSA) is 83.0 Å². The Bertz CT molecular complexity index is 966. The lowest BCUT2D eigenvalue weighted by Crippen LogP contribution is -2.33. The van der Waals surface area contributed by atoms with E-state index in [4.69, 9.17) is 0 Å². The van der Waals surface area contributed by atoms with Crippen molar-refractivity contribution in [1.82, 2.24) is 19.9 Å². The second-order valence-electron chi connectivity index (χ2n) is 6.83. The number of amides is 1. The normalized spacial score (nSPS) is 16.5. The minimum Gasteiger partial charge on any atom is -0.323 e. The molecule has 1 amide bonds. The number of hydrogen-bond donors (Lipinski definition) is 2. The molecule has 0 radical (unpaired) electrons. The fraction of sp³-hybridized carbons (Fsp3) is 0.238. The molecule has 4 rings (SSSR count). The van der Waals surface area contributed by atoms with E-state index in [1.807, 2.05) is 12.1 Å². The maximum atomic E-state index is 13.7. The molecule has 0 bridgehead atoms. The summed E-state index contributed by atoms with van der Waals surface area (Å²) in [5.74, 6) is -0.165. The first-order valence-corrected chi connectivity index (χ1v) is 9.47. The molecule has 0 unspecified atom stereocenters. The smallest absolute Gasteiger partial charge is 0.238 e. The van der Waals surface area contributed by atoms with Gasteiger partial charge in [-0.2, -0.15) is 0 Å². The van der Waals surface area contributed by atoms with Gasteiger partial charge in [-0.3, -0.25) is 14.7 Å². The lowest BCUT2D eigenvalue weighted by atomic mass is 10.1. The summed E-state index contributed by atoms with van der Waals surface area (Å²) in [6.07, 6.45) is 6.98. The molecule has 3 heterocycles. The summed E-state index contributed by atoms with van der Waals surface area (Å²) in [5, 5.41) is 5.75. The van der Waals surface area contributed by atoms with Gasteiger partial charge in [0.1, 0.15) is 5.82 Å². The number of halogens is 1. The highest BCUT2D eigenvalue weighted by atomic mass is 19.1. The van der Waals surface area contributed by atoms with Crippen molar-refractivity contribution in [2.45, 2.75) is 18.9 Å². The van der Waals surface area contributed by atoms with Crippen LogP contribution in [0.15, 0.2) is 61.1 Å². The number of pyridine rings is 1. The van der Waals surface area contributed by atoms with Crippen molar-refractivity contribution in [1.29, 1.82) is 0 Å². The van der Waals surface area contributed by atoms with Gasteiger partial charge in [-0.05, 0) is 49.7 Å². The van der Waals surface area contributed by atoms with Crippen LogP contribution in [0.1, 0.15) is 24.6 Å². The van der Waals surface area contributed by atoms with Crippen molar-refractivity contribution >= 4 is 23.2 Å². The second-order valence-corrected chi connectivity index (χ2v) is 6.83. The van der Waals surface area contributed by atoms with Crippen LogP contribution in [0.5, 0.6) is 0 Å². The maximum Gasteiger partial charge on any atom is 0.238 e. The predicted octanol–water partition coefficient (Wildman–Crippen LogP) is 3.53. The average molecular weight is 392 g/mol. The third kappa shape index (κ3) is 4.72. The highest BCUT2D eigenvalue weighted by Crippen LogP contribution is 2.31. The van der Waals surface area contributed by atoms with Crippen molar-refractivity contribution in [3.8, 4) is 0 Å². The van der Waals surface area contributed by atoms with Crippen LogP contribution in [0.4, 0.5) is 21.7 Å². The summed E-state index contributed by atoms with van der Waals surface area (Å²) in [4.78, 5) is 27.3. The number of nitrogens with one attached hydrogen (secondary N) is 2. The first kappa shape index (κ1) is 18.9. The standard InChI is InChI=1S/C21H21FN6O/c22-16-5-1-2-6-17(16)27-20(29)14-28-12-3-7-19(28)18-9-8-15(13-25-18)26-21-23-10-4-11-24-21/h1-2,4-6,8-11,13,19H,3,7,12,14H2,(H,27,29)(H,23,24,26)/t19-/m0/s1. The number of hydrogen-bond acceptors (Lipinski definition) is 6. The lowest BCUT2D eigenvalue weighted by molar-refractivity contribution is -0.117. The second kappa shape index (κ2) is 8.74. The summed E-state index contributed by atoms with van der Waals surface area (Å²) >= 11 is 0. The molecule has 29 heavy (non-hydrogen) atoms. The average Bonchev–Trinajstić information content (AvgIpc) is 3.19. The van der Waals surface area contributed by atoms with Crippen LogP contribution in [0.2, 0.25) is 0 Å². The third-order valence-electron chi connectivity index (χ3n) is 4.81. The number of carbonyl (C=O) groups excluding carboxylic acids is 1. The summed E-state index contributed by atoms with van der Waals surface area (Å²) in [6.45, 7) is 0.993. The number of carbonyl (C=O) groups is 1. The molecule has 7 nitrogen and oxygen atoms in total. The minimum absolute atomic E-state index is 0.0587. The summed E-state index contributed by atoms with van der Waals surface area (Å²) in [6, 6.07) is 11.9. The Morgan fingerprint density at radius 1 is 1.10 bits per heavy atom. The number of para-hydroxylation sites is 1. The van der Waals surface area contributed by atoms with Gasteiger partial charge in [-0.1, -0.05) is 12.1 Å². The van der Waals surface area contributed by atoms with E-state index in [1.54, 1.807) is 42.9 Å². The van der Waals surface area contributed by atoms with Crippen molar-refractivity contribution in [2.75, 3.05) is 23.7 Å². The fourth-order valence-electron chi connectivity index (χ4n) is 3.46. The SMILES string of the molecule is O=C(CN1CCC[C@H]1c1ccc(Nc2ncccn2)cn1)Nc1ccccc1F. The van der Waals surface area contributed by atoms with Gasteiger partial charge in [0, 0.05) is 12.4 Å². The highest BCUT2D eigenvalue weighted by molar-refractivity contribution is 5.92. The van der Waals surface area contributed by atoms with E-state index >= 15 is 0 Å². The van der Waals surface area contributed by atoms with Crippen LogP contribution >= 0.6 is 0 Å². The Labute approximate surface area is 168 Å². The fourth-order valence-corrected chi connectivity index (χ4v) is 3.46. The Morgan fingerprint density at radius 2 is 1.93 bits per heavy atom. The molecule has 148 valence electrons. The largest absolute Gasteiger partial charge is 0.323 e. The van der Waals surface area contributed by atoms with Crippen molar-refractivity contribution in [3.63, 3.8) is 0 Å². The third-order valence-corrected chi connectivity index (χ3v) is 4.81. The Hall–Kier alpha value is -3.39.